The van der Waals surface area contributed by atoms with Gasteiger partial charge in [0.15, 0.2) is 5.79 Å². The first kappa shape index (κ1) is 11.4. The van der Waals surface area contributed by atoms with E-state index in [0.717, 1.165) is 19.3 Å². The van der Waals surface area contributed by atoms with E-state index in [0.29, 0.717) is 31.3 Å². The van der Waals surface area contributed by atoms with Gasteiger partial charge in [0.25, 0.3) is 0 Å². The van der Waals surface area contributed by atoms with Gasteiger partial charge in [-0.05, 0) is 19.3 Å². The summed E-state index contributed by atoms with van der Waals surface area (Å²) in [6.45, 7) is 5.65. The second-order valence-electron chi connectivity index (χ2n) is 5.86. The molecule has 1 aliphatic heterocycles. The number of carbonyl (C=O) groups is 1. The van der Waals surface area contributed by atoms with E-state index < -0.39 is 5.79 Å². The van der Waals surface area contributed by atoms with Crippen LogP contribution in [0, 0.1) is 11.3 Å². The molecule has 0 unspecified atom stereocenters. The van der Waals surface area contributed by atoms with E-state index in [4.69, 9.17) is 9.47 Å². The van der Waals surface area contributed by atoms with Gasteiger partial charge in [-0.3, -0.25) is 4.79 Å². The van der Waals surface area contributed by atoms with Gasteiger partial charge in [-0.1, -0.05) is 18.6 Å². The van der Waals surface area contributed by atoms with Crippen LogP contribution in [0.25, 0.3) is 0 Å². The summed E-state index contributed by atoms with van der Waals surface area (Å²) < 4.78 is 11.6. The summed E-state index contributed by atoms with van der Waals surface area (Å²) in [6.07, 6.45) is 5.29. The van der Waals surface area contributed by atoms with Crippen molar-refractivity contribution in [1.29, 1.82) is 0 Å². The minimum atomic E-state index is -0.392. The van der Waals surface area contributed by atoms with E-state index >= 15 is 0 Å². The smallest absolute Gasteiger partial charge is 0.169 e. The number of allylic oxidation sites excluding steroid dienone is 2. The highest BCUT2D eigenvalue weighted by atomic mass is 16.7. The lowest BCUT2D eigenvalue weighted by Crippen LogP contribution is -2.50. The summed E-state index contributed by atoms with van der Waals surface area (Å²) in [6, 6.07) is 0. The highest BCUT2D eigenvalue weighted by molar-refractivity contribution is 5.88. The number of ketones is 1. The van der Waals surface area contributed by atoms with Gasteiger partial charge < -0.3 is 9.47 Å². The molecule has 1 saturated carbocycles. The average molecular weight is 236 g/mol. The monoisotopic (exact) mass is 236 g/mol. The first-order valence-corrected chi connectivity index (χ1v) is 6.54. The van der Waals surface area contributed by atoms with E-state index in [1.54, 1.807) is 0 Å². The summed E-state index contributed by atoms with van der Waals surface area (Å²) in [5.74, 6) is 0.299. The first-order chi connectivity index (χ1) is 8.06. The summed E-state index contributed by atoms with van der Waals surface area (Å²) in [7, 11) is 0. The maximum Gasteiger partial charge on any atom is 0.169 e. The van der Waals surface area contributed by atoms with E-state index in [1.165, 1.54) is 5.57 Å². The zero-order chi connectivity index (χ0) is 12.1. The SMILES string of the molecule is CC1=CCC(=O)[C@@]2(C)CCC3(C[C@@H]12)OCCO3. The minimum Gasteiger partial charge on any atom is -0.348 e. The van der Waals surface area contributed by atoms with Crippen molar-refractivity contribution >= 4 is 5.78 Å². The molecule has 17 heavy (non-hydrogen) atoms. The molecule has 2 fully saturated rings. The molecule has 3 aliphatic rings. The third-order valence-electron chi connectivity index (χ3n) is 4.92. The molecule has 3 rings (SSSR count). The maximum atomic E-state index is 12.2. The van der Waals surface area contributed by atoms with Crippen molar-refractivity contribution in [3.63, 3.8) is 0 Å². The summed E-state index contributed by atoms with van der Waals surface area (Å²) >= 11 is 0. The molecule has 0 bridgehead atoms. The Morgan fingerprint density at radius 2 is 2.00 bits per heavy atom. The molecule has 94 valence electrons. The fourth-order valence-corrected chi connectivity index (χ4v) is 3.65. The van der Waals surface area contributed by atoms with Gasteiger partial charge in [0.05, 0.1) is 13.2 Å². The van der Waals surface area contributed by atoms with E-state index in [1.807, 2.05) is 0 Å². The Morgan fingerprint density at radius 3 is 2.71 bits per heavy atom. The number of hydrogen-bond donors (Lipinski definition) is 0. The molecule has 0 amide bonds. The quantitative estimate of drug-likeness (QED) is 0.606. The highest BCUT2D eigenvalue weighted by Crippen LogP contribution is 2.53. The standard InChI is InChI=1S/C14H20O3/c1-10-3-4-12(15)13(2)5-6-14(9-11(10)13)16-7-8-17-14/h3,11H,4-9H2,1-2H3/t11-,13-/m0/s1. The van der Waals surface area contributed by atoms with Crippen molar-refractivity contribution < 1.29 is 14.3 Å². The van der Waals surface area contributed by atoms with Crippen LogP contribution in [0.1, 0.15) is 39.5 Å². The third kappa shape index (κ3) is 1.59. The van der Waals surface area contributed by atoms with Crippen LogP contribution in [-0.4, -0.2) is 24.8 Å². The van der Waals surface area contributed by atoms with Gasteiger partial charge in [-0.25, -0.2) is 0 Å². The first-order valence-electron chi connectivity index (χ1n) is 6.54. The Kier molecular flexibility index (Phi) is 2.46. The van der Waals surface area contributed by atoms with Crippen molar-refractivity contribution in [2.75, 3.05) is 13.2 Å². The van der Waals surface area contributed by atoms with Crippen LogP contribution in [0.5, 0.6) is 0 Å². The molecular formula is C14H20O3. The predicted octanol–water partition coefficient (Wildman–Crippen LogP) is 2.46. The van der Waals surface area contributed by atoms with Gasteiger partial charge >= 0.3 is 0 Å². The summed E-state index contributed by atoms with van der Waals surface area (Å²) in [5.41, 5.74) is 1.16. The lowest BCUT2D eigenvalue weighted by atomic mass is 9.58. The van der Waals surface area contributed by atoms with Crippen LogP contribution in [0.3, 0.4) is 0 Å². The molecule has 0 N–H and O–H groups in total. The van der Waals surface area contributed by atoms with Gasteiger partial charge in [-0.15, -0.1) is 0 Å². The van der Waals surface area contributed by atoms with Gasteiger partial charge in [-0.2, -0.15) is 0 Å². The van der Waals surface area contributed by atoms with E-state index in [2.05, 4.69) is 19.9 Å². The molecule has 0 aromatic rings. The van der Waals surface area contributed by atoms with Crippen LogP contribution >= 0.6 is 0 Å². The Balaban J connectivity index is 1.92. The molecule has 2 atom stereocenters. The summed E-state index contributed by atoms with van der Waals surface area (Å²) in [4.78, 5) is 12.2. The maximum absolute atomic E-state index is 12.2. The second kappa shape index (κ2) is 3.66. The molecular weight excluding hydrogens is 216 g/mol. The van der Waals surface area contributed by atoms with Crippen molar-refractivity contribution in [1.82, 2.24) is 0 Å². The Bertz CT molecular complexity index is 379. The third-order valence-corrected chi connectivity index (χ3v) is 4.92. The van der Waals surface area contributed by atoms with E-state index in [9.17, 15) is 4.79 Å². The molecule has 3 heteroatoms. The number of Topliss-reactive ketones (excluding diaryl/α,β-unsaturated/α-hetero) is 1. The molecule has 0 aromatic heterocycles. The molecule has 1 heterocycles. The number of carbonyl (C=O) groups excluding carboxylic acids is 1. The van der Waals surface area contributed by atoms with Crippen molar-refractivity contribution in [2.24, 2.45) is 11.3 Å². The van der Waals surface area contributed by atoms with Crippen molar-refractivity contribution in [3.8, 4) is 0 Å². The second-order valence-corrected chi connectivity index (χ2v) is 5.86. The zero-order valence-electron chi connectivity index (χ0n) is 10.6. The van der Waals surface area contributed by atoms with Crippen molar-refractivity contribution in [3.05, 3.63) is 11.6 Å². The number of rotatable bonds is 0. The average Bonchev–Trinajstić information content (AvgIpc) is 2.76. The molecule has 1 saturated heterocycles. The van der Waals surface area contributed by atoms with Crippen LogP contribution in [0.4, 0.5) is 0 Å². The Morgan fingerprint density at radius 1 is 1.29 bits per heavy atom. The number of ether oxygens (including phenoxy) is 2. The molecule has 3 nitrogen and oxygen atoms in total. The van der Waals surface area contributed by atoms with Crippen molar-refractivity contribution in [2.45, 2.75) is 45.3 Å². The molecule has 0 radical (unpaired) electrons. The van der Waals surface area contributed by atoms with Gasteiger partial charge in [0.1, 0.15) is 5.78 Å². The fraction of sp³-hybridized carbons (Fsp3) is 0.786. The van der Waals surface area contributed by atoms with Crippen LogP contribution < -0.4 is 0 Å². The summed E-state index contributed by atoms with van der Waals surface area (Å²) in [5, 5.41) is 0. The lowest BCUT2D eigenvalue weighted by Gasteiger charge is -2.48. The number of hydrogen-bond acceptors (Lipinski definition) is 3. The molecule has 1 spiro atoms. The molecule has 2 aliphatic carbocycles. The van der Waals surface area contributed by atoms with Gasteiger partial charge in [0, 0.05) is 24.7 Å². The zero-order valence-corrected chi connectivity index (χ0v) is 10.6. The highest BCUT2D eigenvalue weighted by Gasteiger charge is 2.54. The largest absolute Gasteiger partial charge is 0.348 e. The van der Waals surface area contributed by atoms with Gasteiger partial charge in [0.2, 0.25) is 0 Å². The fourth-order valence-electron chi connectivity index (χ4n) is 3.65. The van der Waals surface area contributed by atoms with Crippen LogP contribution in [0.2, 0.25) is 0 Å². The Hall–Kier alpha value is -0.670. The predicted molar refractivity (Wildman–Crippen MR) is 63.5 cm³/mol. The normalized spacial score (nSPS) is 40.2. The minimum absolute atomic E-state index is 0.181. The number of fused-ring (bicyclic) bond motifs is 1. The topological polar surface area (TPSA) is 35.5 Å². The lowest BCUT2D eigenvalue weighted by molar-refractivity contribution is -0.202. The van der Waals surface area contributed by atoms with Crippen LogP contribution in [0.15, 0.2) is 11.6 Å². The van der Waals surface area contributed by atoms with E-state index in [-0.39, 0.29) is 5.41 Å². The molecule has 0 aromatic carbocycles. The Labute approximate surface area is 102 Å². The van der Waals surface area contributed by atoms with Crippen LogP contribution in [-0.2, 0) is 14.3 Å².